The highest BCUT2D eigenvalue weighted by atomic mass is 35.5. The minimum absolute atomic E-state index is 0.0919. The zero-order chi connectivity index (χ0) is 16.8. The molecule has 122 valence electrons. The number of amides is 1. The van der Waals surface area contributed by atoms with Gasteiger partial charge in [0, 0.05) is 22.3 Å². The van der Waals surface area contributed by atoms with Crippen molar-refractivity contribution < 1.29 is 9.53 Å². The molecule has 0 saturated carbocycles. The van der Waals surface area contributed by atoms with Crippen LogP contribution in [0.5, 0.6) is 5.75 Å². The van der Waals surface area contributed by atoms with Crippen LogP contribution in [0.25, 0.3) is 0 Å². The molecule has 4 nitrogen and oxygen atoms in total. The molecule has 2 aromatic rings. The molecule has 0 unspecified atom stereocenters. The van der Waals surface area contributed by atoms with Gasteiger partial charge < -0.3 is 10.1 Å². The van der Waals surface area contributed by atoms with Crippen LogP contribution < -0.4 is 10.1 Å². The lowest BCUT2D eigenvalue weighted by Gasteiger charge is -2.17. The minimum atomic E-state index is -0.0919. The Bertz CT molecular complexity index is 655. The first-order valence-corrected chi connectivity index (χ1v) is 7.79. The van der Waals surface area contributed by atoms with Gasteiger partial charge in [0.25, 0.3) is 0 Å². The Morgan fingerprint density at radius 1 is 1.13 bits per heavy atom. The Hall–Kier alpha value is -1.75. The summed E-state index contributed by atoms with van der Waals surface area (Å²) in [7, 11) is 3.47. The number of hydrogen-bond donors (Lipinski definition) is 1. The van der Waals surface area contributed by atoms with Crippen molar-refractivity contribution in [3.05, 3.63) is 58.1 Å². The first-order valence-electron chi connectivity index (χ1n) is 7.03. The molecule has 23 heavy (non-hydrogen) atoms. The second kappa shape index (κ2) is 8.20. The van der Waals surface area contributed by atoms with Gasteiger partial charge in [-0.3, -0.25) is 9.69 Å². The monoisotopic (exact) mass is 352 g/mol. The Kier molecular flexibility index (Phi) is 6.28. The van der Waals surface area contributed by atoms with E-state index in [4.69, 9.17) is 27.9 Å². The highest BCUT2D eigenvalue weighted by Crippen LogP contribution is 2.20. The molecule has 0 heterocycles. The molecule has 0 aromatic heterocycles. The first kappa shape index (κ1) is 17.6. The number of carbonyl (C=O) groups is 1. The van der Waals surface area contributed by atoms with Gasteiger partial charge in [-0.1, -0.05) is 23.2 Å². The lowest BCUT2D eigenvalue weighted by molar-refractivity contribution is -0.117. The Labute approximate surface area is 146 Å². The summed E-state index contributed by atoms with van der Waals surface area (Å²) in [6.45, 7) is 0.840. The van der Waals surface area contributed by atoms with Crippen LogP contribution in [0.1, 0.15) is 5.56 Å². The third kappa shape index (κ3) is 5.75. The number of benzene rings is 2. The molecule has 0 aliphatic carbocycles. The minimum Gasteiger partial charge on any atom is -0.497 e. The average Bonchev–Trinajstić information content (AvgIpc) is 2.46. The van der Waals surface area contributed by atoms with Crippen molar-refractivity contribution in [3.8, 4) is 5.75 Å². The SMILES string of the molecule is COc1ccc(NC(=O)CN(C)Cc2cc(Cl)cc(Cl)c2)cc1. The Morgan fingerprint density at radius 3 is 2.30 bits per heavy atom. The van der Waals surface area contributed by atoms with Crippen LogP contribution in [0, 0.1) is 0 Å². The third-order valence-corrected chi connectivity index (χ3v) is 3.60. The van der Waals surface area contributed by atoms with Crippen molar-refractivity contribution in [3.63, 3.8) is 0 Å². The topological polar surface area (TPSA) is 41.6 Å². The predicted octanol–water partition coefficient (Wildman–Crippen LogP) is 4.07. The molecule has 0 atom stereocenters. The molecule has 0 aliphatic heterocycles. The number of nitrogens with zero attached hydrogens (tertiary/aromatic N) is 1. The lowest BCUT2D eigenvalue weighted by atomic mass is 10.2. The van der Waals surface area contributed by atoms with Crippen LogP contribution in [-0.2, 0) is 11.3 Å². The van der Waals surface area contributed by atoms with E-state index < -0.39 is 0 Å². The summed E-state index contributed by atoms with van der Waals surface area (Å²) in [4.78, 5) is 14.0. The maximum atomic E-state index is 12.1. The van der Waals surface area contributed by atoms with E-state index in [9.17, 15) is 4.79 Å². The quantitative estimate of drug-likeness (QED) is 0.851. The van der Waals surface area contributed by atoms with Gasteiger partial charge in [-0.05, 0) is 55.1 Å². The normalized spacial score (nSPS) is 10.7. The Balaban J connectivity index is 1.88. The van der Waals surface area contributed by atoms with E-state index in [1.807, 2.05) is 24.1 Å². The zero-order valence-corrected chi connectivity index (χ0v) is 14.5. The van der Waals surface area contributed by atoms with Gasteiger partial charge in [0.2, 0.25) is 5.91 Å². The number of carbonyl (C=O) groups excluding carboxylic acids is 1. The molecule has 1 amide bonds. The van der Waals surface area contributed by atoms with E-state index in [0.29, 0.717) is 16.6 Å². The van der Waals surface area contributed by atoms with Gasteiger partial charge in [-0.15, -0.1) is 0 Å². The molecule has 6 heteroatoms. The fourth-order valence-corrected chi connectivity index (χ4v) is 2.76. The second-order valence-corrected chi connectivity index (χ2v) is 6.10. The Morgan fingerprint density at radius 2 is 1.74 bits per heavy atom. The molecule has 0 aliphatic rings. The van der Waals surface area contributed by atoms with Gasteiger partial charge in [0.05, 0.1) is 13.7 Å². The van der Waals surface area contributed by atoms with Crippen LogP contribution in [0.2, 0.25) is 10.0 Å². The van der Waals surface area contributed by atoms with Crippen LogP contribution in [0.15, 0.2) is 42.5 Å². The molecular weight excluding hydrogens is 335 g/mol. The van der Waals surface area contributed by atoms with Crippen molar-refractivity contribution in [1.82, 2.24) is 4.90 Å². The summed E-state index contributed by atoms with van der Waals surface area (Å²) in [5, 5.41) is 4.02. The smallest absolute Gasteiger partial charge is 0.238 e. The maximum Gasteiger partial charge on any atom is 0.238 e. The number of methoxy groups -OCH3 is 1. The van der Waals surface area contributed by atoms with Gasteiger partial charge >= 0.3 is 0 Å². The number of likely N-dealkylation sites (N-methyl/N-ethyl adjacent to an activating group) is 1. The maximum absolute atomic E-state index is 12.1. The van der Waals surface area contributed by atoms with Crippen molar-refractivity contribution in [2.45, 2.75) is 6.54 Å². The van der Waals surface area contributed by atoms with Gasteiger partial charge in [-0.2, -0.15) is 0 Å². The average molecular weight is 353 g/mol. The van der Waals surface area contributed by atoms with E-state index in [1.165, 1.54) is 0 Å². The summed E-state index contributed by atoms with van der Waals surface area (Å²) < 4.78 is 5.08. The van der Waals surface area contributed by atoms with E-state index in [0.717, 1.165) is 17.0 Å². The molecule has 2 rings (SSSR count). The molecule has 1 N–H and O–H groups in total. The largest absolute Gasteiger partial charge is 0.497 e. The van der Waals surface area contributed by atoms with E-state index in [1.54, 1.807) is 37.4 Å². The van der Waals surface area contributed by atoms with E-state index >= 15 is 0 Å². The molecular formula is C17H18Cl2N2O2. The van der Waals surface area contributed by atoms with Crippen LogP contribution in [0.3, 0.4) is 0 Å². The fraction of sp³-hybridized carbons (Fsp3) is 0.235. The number of anilines is 1. The number of halogens is 2. The highest BCUT2D eigenvalue weighted by Gasteiger charge is 2.09. The summed E-state index contributed by atoms with van der Waals surface area (Å²) >= 11 is 12.0. The van der Waals surface area contributed by atoms with Crippen LogP contribution in [-0.4, -0.2) is 31.5 Å². The molecule has 2 aromatic carbocycles. The summed E-state index contributed by atoms with van der Waals surface area (Å²) in [5.41, 5.74) is 1.69. The number of hydrogen-bond acceptors (Lipinski definition) is 3. The predicted molar refractivity (Wildman–Crippen MR) is 94.4 cm³/mol. The summed E-state index contributed by atoms with van der Waals surface area (Å²) in [6, 6.07) is 12.6. The molecule has 0 radical (unpaired) electrons. The van der Waals surface area contributed by atoms with Crippen molar-refractivity contribution in [2.24, 2.45) is 0 Å². The van der Waals surface area contributed by atoms with Gasteiger partial charge in [-0.25, -0.2) is 0 Å². The summed E-state index contributed by atoms with van der Waals surface area (Å²) in [5.74, 6) is 0.656. The number of ether oxygens (including phenoxy) is 1. The standard InChI is InChI=1S/C17H18Cl2N2O2/c1-21(10-12-7-13(18)9-14(19)8-12)11-17(22)20-15-3-5-16(23-2)6-4-15/h3-9H,10-11H2,1-2H3,(H,20,22). The molecule has 0 bridgehead atoms. The number of nitrogens with one attached hydrogen (secondary N) is 1. The zero-order valence-electron chi connectivity index (χ0n) is 13.0. The van der Waals surface area contributed by atoms with Gasteiger partial charge in [0.15, 0.2) is 0 Å². The van der Waals surface area contributed by atoms with Crippen molar-refractivity contribution in [1.29, 1.82) is 0 Å². The van der Waals surface area contributed by atoms with E-state index in [2.05, 4.69) is 5.32 Å². The highest BCUT2D eigenvalue weighted by molar-refractivity contribution is 6.34. The van der Waals surface area contributed by atoms with Crippen LogP contribution in [0.4, 0.5) is 5.69 Å². The van der Waals surface area contributed by atoms with Gasteiger partial charge in [0.1, 0.15) is 5.75 Å². The van der Waals surface area contributed by atoms with Crippen molar-refractivity contribution in [2.75, 3.05) is 26.0 Å². The van der Waals surface area contributed by atoms with Crippen LogP contribution >= 0.6 is 23.2 Å². The van der Waals surface area contributed by atoms with E-state index in [-0.39, 0.29) is 12.5 Å². The molecule has 0 fully saturated rings. The summed E-state index contributed by atoms with van der Waals surface area (Å²) in [6.07, 6.45) is 0. The lowest BCUT2D eigenvalue weighted by Crippen LogP contribution is -2.29. The first-order chi connectivity index (χ1) is 11.0. The third-order valence-electron chi connectivity index (χ3n) is 3.16. The van der Waals surface area contributed by atoms with Crippen molar-refractivity contribution >= 4 is 34.8 Å². The fourth-order valence-electron chi connectivity index (χ4n) is 2.19. The molecule has 0 spiro atoms. The number of rotatable bonds is 6. The molecule has 0 saturated heterocycles. The second-order valence-electron chi connectivity index (χ2n) is 5.23.